The highest BCUT2D eigenvalue weighted by Crippen LogP contribution is 2.59. The Morgan fingerprint density at radius 3 is 2.31 bits per heavy atom. The van der Waals surface area contributed by atoms with E-state index in [0.29, 0.717) is 6.92 Å². The van der Waals surface area contributed by atoms with Gasteiger partial charge < -0.3 is 0 Å². The average molecular weight is 532 g/mol. The van der Waals surface area contributed by atoms with Crippen LogP contribution in [0.4, 0.5) is 22.0 Å². The Labute approximate surface area is 206 Å². The highest BCUT2D eigenvalue weighted by Gasteiger charge is 2.62. The second-order valence-electron chi connectivity index (χ2n) is 9.53. The SMILES string of the molecule is CON(C)C(=O)[C@@H]1CC[C@@]2(S(=O)(=O)c3ccc(F)cc3)c3ccc(C(C)(F)C(F)(F)F)cc3CC[C@@H]12. The van der Waals surface area contributed by atoms with Crippen molar-refractivity contribution in [2.24, 2.45) is 11.8 Å². The minimum absolute atomic E-state index is 0.0177. The number of carbonyl (C=O) groups excluding carboxylic acids is 1. The maximum atomic E-state index is 14.8. The van der Waals surface area contributed by atoms with Crippen LogP contribution in [0.1, 0.15) is 42.9 Å². The fourth-order valence-electron chi connectivity index (χ4n) is 5.75. The van der Waals surface area contributed by atoms with Crippen LogP contribution in [0.15, 0.2) is 47.4 Å². The van der Waals surface area contributed by atoms with Gasteiger partial charge in [0.2, 0.25) is 11.6 Å². The first kappa shape index (κ1) is 26.5. The Balaban J connectivity index is 1.92. The molecule has 1 amide bonds. The number of aryl methyl sites for hydroxylation is 1. The second-order valence-corrected chi connectivity index (χ2v) is 11.7. The number of amides is 1. The summed E-state index contributed by atoms with van der Waals surface area (Å²) < 4.78 is 95.2. The summed E-state index contributed by atoms with van der Waals surface area (Å²) in [4.78, 5) is 17.9. The van der Waals surface area contributed by atoms with E-state index in [9.17, 15) is 35.2 Å². The summed E-state index contributed by atoms with van der Waals surface area (Å²) in [6, 6.07) is 7.59. The van der Waals surface area contributed by atoms with Crippen molar-refractivity contribution in [1.29, 1.82) is 0 Å². The molecular formula is C25H26F5NO4S. The molecule has 0 saturated heterocycles. The lowest BCUT2D eigenvalue weighted by Gasteiger charge is -2.42. The van der Waals surface area contributed by atoms with Gasteiger partial charge in [-0.25, -0.2) is 22.3 Å². The molecule has 196 valence electrons. The van der Waals surface area contributed by atoms with Crippen LogP contribution in [-0.2, 0) is 36.3 Å². The summed E-state index contributed by atoms with van der Waals surface area (Å²) in [7, 11) is -1.54. The van der Waals surface area contributed by atoms with Crippen molar-refractivity contribution in [3.05, 3.63) is 65.0 Å². The lowest BCUT2D eigenvalue weighted by Crippen LogP contribution is -2.47. The van der Waals surface area contributed by atoms with E-state index < -0.39 is 55.6 Å². The number of fused-ring (bicyclic) bond motifs is 3. The molecule has 2 aromatic rings. The molecule has 11 heteroatoms. The van der Waals surface area contributed by atoms with Crippen molar-refractivity contribution >= 4 is 15.7 Å². The summed E-state index contributed by atoms with van der Waals surface area (Å²) in [5.74, 6) is -2.48. The molecule has 36 heavy (non-hydrogen) atoms. The van der Waals surface area contributed by atoms with Crippen molar-refractivity contribution in [3.8, 4) is 0 Å². The van der Waals surface area contributed by atoms with Crippen LogP contribution < -0.4 is 0 Å². The minimum Gasteiger partial charge on any atom is -0.275 e. The van der Waals surface area contributed by atoms with Gasteiger partial charge in [0, 0.05) is 13.0 Å². The van der Waals surface area contributed by atoms with Gasteiger partial charge in [-0.1, -0.05) is 18.2 Å². The van der Waals surface area contributed by atoms with Gasteiger partial charge >= 0.3 is 6.18 Å². The average Bonchev–Trinajstić information content (AvgIpc) is 3.24. The van der Waals surface area contributed by atoms with Crippen LogP contribution in [0, 0.1) is 17.7 Å². The van der Waals surface area contributed by atoms with Crippen LogP contribution >= 0.6 is 0 Å². The number of hydrogen-bond acceptors (Lipinski definition) is 4. The van der Waals surface area contributed by atoms with Gasteiger partial charge in [0.25, 0.3) is 0 Å². The molecule has 4 atom stereocenters. The number of alkyl halides is 4. The quantitative estimate of drug-likeness (QED) is 0.301. The van der Waals surface area contributed by atoms with E-state index in [-0.39, 0.29) is 41.7 Å². The lowest BCUT2D eigenvalue weighted by atomic mass is 9.72. The lowest BCUT2D eigenvalue weighted by molar-refractivity contribution is -0.228. The fraction of sp³-hybridized carbons (Fsp3) is 0.480. The van der Waals surface area contributed by atoms with Crippen LogP contribution in [0.5, 0.6) is 0 Å². The third-order valence-corrected chi connectivity index (χ3v) is 10.4. The van der Waals surface area contributed by atoms with Gasteiger partial charge in [-0.15, -0.1) is 0 Å². The molecule has 1 unspecified atom stereocenters. The van der Waals surface area contributed by atoms with E-state index in [1.807, 2.05) is 0 Å². The number of carbonyl (C=O) groups is 1. The minimum atomic E-state index is -5.16. The first-order chi connectivity index (χ1) is 16.7. The number of rotatable bonds is 5. The first-order valence-electron chi connectivity index (χ1n) is 11.4. The Hall–Kier alpha value is -2.53. The zero-order chi connectivity index (χ0) is 26.7. The summed E-state index contributed by atoms with van der Waals surface area (Å²) >= 11 is 0. The molecule has 2 aliphatic carbocycles. The number of nitrogens with zero attached hydrogens (tertiary/aromatic N) is 1. The maximum Gasteiger partial charge on any atom is 0.426 e. The maximum absolute atomic E-state index is 14.8. The second kappa shape index (κ2) is 8.79. The van der Waals surface area contributed by atoms with Crippen LogP contribution in [0.2, 0.25) is 0 Å². The Kier molecular flexibility index (Phi) is 6.48. The molecular weight excluding hydrogens is 505 g/mol. The van der Waals surface area contributed by atoms with Crippen molar-refractivity contribution in [1.82, 2.24) is 5.06 Å². The van der Waals surface area contributed by atoms with Gasteiger partial charge in [-0.05, 0) is 79.5 Å². The molecule has 0 bridgehead atoms. The van der Waals surface area contributed by atoms with Crippen molar-refractivity contribution in [3.63, 3.8) is 0 Å². The predicted octanol–water partition coefficient (Wildman–Crippen LogP) is 5.23. The van der Waals surface area contributed by atoms with Crippen LogP contribution in [0.3, 0.4) is 0 Å². The summed E-state index contributed by atoms with van der Waals surface area (Å²) in [5, 5.41) is 1.03. The molecule has 2 aromatic carbocycles. The molecule has 0 aliphatic heterocycles. The van der Waals surface area contributed by atoms with E-state index >= 15 is 0 Å². The normalized spacial score (nSPS) is 25.6. The topological polar surface area (TPSA) is 63.7 Å². The Morgan fingerprint density at radius 1 is 1.08 bits per heavy atom. The standard InChI is InChI=1S/C25H26F5NO4S/c1-23(27,25(28,29)30)16-5-11-20-15(14-16)4-10-21-19(22(32)31(2)35-3)12-13-24(20,21)36(33,34)18-8-6-17(26)7-9-18/h5-9,11,14,19,21H,4,10,12-13H2,1-3H3/t19-,21+,23?,24-/m1/s1. The largest absolute Gasteiger partial charge is 0.426 e. The summed E-state index contributed by atoms with van der Waals surface area (Å²) in [6.07, 6.45) is -4.60. The van der Waals surface area contributed by atoms with Gasteiger partial charge in [0.05, 0.1) is 12.0 Å². The van der Waals surface area contributed by atoms with Crippen molar-refractivity contribution in [2.45, 2.75) is 54.1 Å². The molecule has 1 fully saturated rings. The van der Waals surface area contributed by atoms with Gasteiger partial charge in [-0.3, -0.25) is 9.63 Å². The molecule has 5 nitrogen and oxygen atoms in total. The highest BCUT2D eigenvalue weighted by atomic mass is 32.2. The van der Waals surface area contributed by atoms with Crippen LogP contribution in [0.25, 0.3) is 0 Å². The summed E-state index contributed by atoms with van der Waals surface area (Å²) in [5.41, 5.74) is -3.71. The molecule has 0 N–H and O–H groups in total. The van der Waals surface area contributed by atoms with E-state index in [0.717, 1.165) is 41.5 Å². The van der Waals surface area contributed by atoms with Gasteiger partial charge in [0.15, 0.2) is 9.84 Å². The molecule has 0 radical (unpaired) electrons. The number of halogens is 5. The molecule has 0 aromatic heterocycles. The van der Waals surface area contributed by atoms with Crippen molar-refractivity contribution < 1.29 is 40.0 Å². The smallest absolute Gasteiger partial charge is 0.275 e. The van der Waals surface area contributed by atoms with Crippen LogP contribution in [-0.4, -0.2) is 39.7 Å². The Morgan fingerprint density at radius 2 is 1.72 bits per heavy atom. The monoisotopic (exact) mass is 531 g/mol. The molecule has 0 heterocycles. The zero-order valence-electron chi connectivity index (χ0n) is 19.9. The summed E-state index contributed by atoms with van der Waals surface area (Å²) in [6.45, 7) is 0.427. The molecule has 2 aliphatic rings. The zero-order valence-corrected chi connectivity index (χ0v) is 20.7. The van der Waals surface area contributed by atoms with Gasteiger partial charge in [0.1, 0.15) is 10.6 Å². The van der Waals surface area contributed by atoms with Gasteiger partial charge in [-0.2, -0.15) is 13.2 Å². The molecule has 4 rings (SSSR count). The number of hydroxylamine groups is 2. The van der Waals surface area contributed by atoms with E-state index in [4.69, 9.17) is 4.84 Å². The van der Waals surface area contributed by atoms with E-state index in [1.165, 1.54) is 20.2 Å². The predicted molar refractivity (Wildman–Crippen MR) is 121 cm³/mol. The number of sulfone groups is 1. The first-order valence-corrected chi connectivity index (χ1v) is 12.9. The number of hydrogen-bond donors (Lipinski definition) is 0. The Bertz CT molecular complexity index is 1280. The third kappa shape index (κ3) is 3.82. The number of benzene rings is 2. The fourth-order valence-corrected chi connectivity index (χ4v) is 8.22. The van der Waals surface area contributed by atoms with Crippen molar-refractivity contribution in [2.75, 3.05) is 14.2 Å². The van der Waals surface area contributed by atoms with E-state index in [1.54, 1.807) is 0 Å². The third-order valence-electron chi connectivity index (χ3n) is 7.78. The molecule has 1 saturated carbocycles. The van der Waals surface area contributed by atoms with E-state index in [2.05, 4.69) is 0 Å². The highest BCUT2D eigenvalue weighted by molar-refractivity contribution is 7.92. The molecule has 0 spiro atoms.